The minimum Gasteiger partial charge on any atom is -0.392 e. The molecule has 2 aromatic carbocycles. The van der Waals surface area contributed by atoms with Crippen molar-refractivity contribution in [3.63, 3.8) is 0 Å². The van der Waals surface area contributed by atoms with Crippen LogP contribution in [0.1, 0.15) is 42.1 Å². The van der Waals surface area contributed by atoms with Crippen molar-refractivity contribution in [3.05, 3.63) is 58.9 Å². The maximum Gasteiger partial charge on any atom is 0.255 e. The minimum absolute atomic E-state index is 0.167. The smallest absolute Gasteiger partial charge is 0.255 e. The molecule has 1 amide bonds. The van der Waals surface area contributed by atoms with Gasteiger partial charge in [0.05, 0.1) is 11.0 Å². The third-order valence-corrected chi connectivity index (χ3v) is 7.41. The third kappa shape index (κ3) is 4.94. The first-order valence-electron chi connectivity index (χ1n) is 9.89. The van der Waals surface area contributed by atoms with Crippen LogP contribution >= 0.6 is 0 Å². The second-order valence-electron chi connectivity index (χ2n) is 7.67. The fraction of sp³-hybridized carbons (Fsp3) is 0.381. The van der Waals surface area contributed by atoms with Gasteiger partial charge in [0, 0.05) is 41.5 Å². The summed E-state index contributed by atoms with van der Waals surface area (Å²) in [6.45, 7) is 0.397. The fourth-order valence-corrected chi connectivity index (χ4v) is 5.54. The van der Waals surface area contributed by atoms with Crippen molar-refractivity contribution in [1.82, 2.24) is 4.31 Å². The van der Waals surface area contributed by atoms with Gasteiger partial charge in [0.25, 0.3) is 5.91 Å². The second kappa shape index (κ2) is 9.55. The van der Waals surface area contributed by atoms with E-state index in [0.717, 1.165) is 16.4 Å². The van der Waals surface area contributed by atoms with E-state index in [2.05, 4.69) is 5.32 Å². The molecule has 2 N–H and O–H groups in total. The van der Waals surface area contributed by atoms with E-state index in [-0.39, 0.29) is 23.4 Å². The van der Waals surface area contributed by atoms with Gasteiger partial charge >= 0.3 is 0 Å². The van der Waals surface area contributed by atoms with E-state index in [9.17, 15) is 35.9 Å². The van der Waals surface area contributed by atoms with Gasteiger partial charge < -0.3 is 10.4 Å². The Balaban J connectivity index is 1.97. The summed E-state index contributed by atoms with van der Waals surface area (Å²) in [6, 6.07) is 3.97. The van der Waals surface area contributed by atoms with Gasteiger partial charge in [-0.25, -0.2) is 26.0 Å². The molecular weight excluding hydrogens is 452 g/mol. The van der Waals surface area contributed by atoms with Crippen LogP contribution < -0.4 is 5.32 Å². The summed E-state index contributed by atoms with van der Waals surface area (Å²) >= 11 is 0. The molecule has 1 aliphatic rings. The molecule has 1 aliphatic heterocycles. The van der Waals surface area contributed by atoms with Gasteiger partial charge in [-0.3, -0.25) is 4.79 Å². The average molecular weight is 474 g/mol. The molecule has 2 aromatic rings. The van der Waals surface area contributed by atoms with E-state index in [4.69, 9.17) is 0 Å². The molecule has 0 radical (unpaired) electrons. The number of hydrogen-bond donors (Lipinski definition) is 2. The zero-order valence-electron chi connectivity index (χ0n) is 17.1. The molecule has 1 fully saturated rings. The number of aliphatic hydroxyl groups is 1. The lowest BCUT2D eigenvalue weighted by molar-refractivity contribution is 0.102. The highest BCUT2D eigenvalue weighted by Gasteiger charge is 2.34. The van der Waals surface area contributed by atoms with E-state index >= 15 is 0 Å². The van der Waals surface area contributed by atoms with Crippen LogP contribution in [0.5, 0.6) is 0 Å². The van der Waals surface area contributed by atoms with Gasteiger partial charge in [-0.1, -0.05) is 6.07 Å². The van der Waals surface area contributed by atoms with Crippen LogP contribution in [-0.2, 0) is 16.7 Å². The Morgan fingerprint density at radius 3 is 2.44 bits per heavy atom. The fourth-order valence-electron chi connectivity index (χ4n) is 3.61. The number of sulfonamides is 1. The Bertz CT molecular complexity index is 1100. The maximum absolute atomic E-state index is 13.6. The zero-order chi connectivity index (χ0) is 23.6. The van der Waals surface area contributed by atoms with Gasteiger partial charge in [-0.05, 0) is 38.3 Å². The minimum atomic E-state index is -4.27. The zero-order valence-corrected chi connectivity index (χ0v) is 17.9. The average Bonchev–Trinajstić information content (AvgIpc) is 2.92. The molecule has 0 bridgehead atoms. The second-order valence-corrected chi connectivity index (χ2v) is 9.53. The van der Waals surface area contributed by atoms with Crippen molar-refractivity contribution in [3.8, 4) is 0 Å². The highest BCUT2D eigenvalue weighted by atomic mass is 32.2. The molecule has 0 aromatic heterocycles. The molecule has 6 nitrogen and oxygen atoms in total. The molecular formula is C21H22F4N2O4S. The highest BCUT2D eigenvalue weighted by molar-refractivity contribution is 7.89. The molecule has 3 rings (SSSR count). The molecule has 174 valence electrons. The molecule has 2 atom stereocenters. The maximum atomic E-state index is 13.6. The third-order valence-electron chi connectivity index (χ3n) is 5.34. The Kier molecular flexibility index (Phi) is 7.21. The van der Waals surface area contributed by atoms with E-state index < -0.39 is 57.1 Å². The summed E-state index contributed by atoms with van der Waals surface area (Å²) in [4.78, 5) is 12.1. The molecule has 1 heterocycles. The van der Waals surface area contributed by atoms with Crippen LogP contribution in [0.3, 0.4) is 0 Å². The van der Waals surface area contributed by atoms with Crippen molar-refractivity contribution in [1.29, 1.82) is 0 Å². The predicted octanol–water partition coefficient (Wildman–Crippen LogP) is 3.75. The van der Waals surface area contributed by atoms with Crippen LogP contribution in [0, 0.1) is 17.5 Å². The Morgan fingerprint density at radius 1 is 1.16 bits per heavy atom. The van der Waals surface area contributed by atoms with E-state index in [0.29, 0.717) is 31.4 Å². The van der Waals surface area contributed by atoms with E-state index in [1.54, 1.807) is 6.92 Å². The van der Waals surface area contributed by atoms with Crippen molar-refractivity contribution < 1.29 is 35.9 Å². The molecule has 0 spiro atoms. The van der Waals surface area contributed by atoms with Gasteiger partial charge in [-0.2, -0.15) is 4.31 Å². The van der Waals surface area contributed by atoms with Crippen LogP contribution in [0.4, 0.5) is 23.2 Å². The van der Waals surface area contributed by atoms with Crippen molar-refractivity contribution in [2.45, 2.75) is 49.9 Å². The normalized spacial score (nSPS) is 20.1. The lowest BCUT2D eigenvalue weighted by Crippen LogP contribution is -2.41. The number of alkyl halides is 1. The number of nitrogens with one attached hydrogen (secondary N) is 1. The standard InChI is InChI=1S/C21H22F4N2O4S/c1-12-3-2-4-16(28)11-27(12)32(30,31)19-7-13(5-6-14(19)10-22)21(29)26-15-8-17(23)20(25)18(24)9-15/h5-9,12,16,28H,2-4,10-11H2,1H3,(H,26,29). The first-order valence-corrected chi connectivity index (χ1v) is 11.3. The molecule has 2 unspecified atom stereocenters. The first-order chi connectivity index (χ1) is 15.0. The summed E-state index contributed by atoms with van der Waals surface area (Å²) in [6.07, 6.45) is 0.679. The number of carbonyl (C=O) groups excluding carboxylic acids is 1. The summed E-state index contributed by atoms with van der Waals surface area (Å²) in [5, 5.41) is 12.2. The molecule has 0 saturated carbocycles. The summed E-state index contributed by atoms with van der Waals surface area (Å²) < 4.78 is 81.2. The number of rotatable bonds is 5. The molecule has 1 saturated heterocycles. The highest BCUT2D eigenvalue weighted by Crippen LogP contribution is 2.29. The van der Waals surface area contributed by atoms with Crippen LogP contribution in [0.15, 0.2) is 35.2 Å². The van der Waals surface area contributed by atoms with Crippen molar-refractivity contribution in [2.24, 2.45) is 0 Å². The number of halogens is 4. The number of aliphatic hydroxyl groups excluding tert-OH is 1. The number of nitrogens with zero attached hydrogens (tertiary/aromatic N) is 1. The van der Waals surface area contributed by atoms with Gasteiger partial charge in [0.2, 0.25) is 10.0 Å². The first kappa shape index (κ1) is 24.1. The number of amides is 1. The van der Waals surface area contributed by atoms with Gasteiger partial charge in [0.1, 0.15) is 6.67 Å². The molecule has 11 heteroatoms. The summed E-state index contributed by atoms with van der Waals surface area (Å²) in [5.74, 6) is -5.64. The topological polar surface area (TPSA) is 86.7 Å². The summed E-state index contributed by atoms with van der Waals surface area (Å²) in [5.41, 5.74) is -0.769. The summed E-state index contributed by atoms with van der Waals surface area (Å²) in [7, 11) is -4.27. The lowest BCUT2D eigenvalue weighted by atomic mass is 10.1. The molecule has 32 heavy (non-hydrogen) atoms. The van der Waals surface area contributed by atoms with Gasteiger partial charge in [0.15, 0.2) is 17.5 Å². The SMILES string of the molecule is CC1CCCC(O)CN1S(=O)(=O)c1cc(C(=O)Nc2cc(F)c(F)c(F)c2)ccc1CF. The van der Waals surface area contributed by atoms with E-state index in [1.807, 2.05) is 0 Å². The Labute approximate surface area is 182 Å². The molecule has 0 aliphatic carbocycles. The lowest BCUT2D eigenvalue weighted by Gasteiger charge is -2.28. The quantitative estimate of drug-likeness (QED) is 0.511. The van der Waals surface area contributed by atoms with Crippen molar-refractivity contribution in [2.75, 3.05) is 11.9 Å². The van der Waals surface area contributed by atoms with E-state index in [1.165, 1.54) is 6.07 Å². The Morgan fingerprint density at radius 2 is 1.81 bits per heavy atom. The van der Waals surface area contributed by atoms with Crippen molar-refractivity contribution >= 4 is 21.6 Å². The largest absolute Gasteiger partial charge is 0.392 e. The predicted molar refractivity (Wildman–Crippen MR) is 109 cm³/mol. The van der Waals surface area contributed by atoms with Crippen LogP contribution in [0.2, 0.25) is 0 Å². The van der Waals surface area contributed by atoms with Gasteiger partial charge in [-0.15, -0.1) is 0 Å². The number of hydrogen-bond acceptors (Lipinski definition) is 4. The number of benzene rings is 2. The number of β-amino-alcohol motifs (C(OH)–C–C–N with tert-alkyl or cyclic N) is 1. The monoisotopic (exact) mass is 474 g/mol. The van der Waals surface area contributed by atoms with Crippen LogP contribution in [0.25, 0.3) is 0 Å². The van der Waals surface area contributed by atoms with Crippen LogP contribution in [-0.4, -0.2) is 42.4 Å². The number of carbonyl (C=O) groups is 1. The number of anilines is 1. The Hall–Kier alpha value is -2.50.